The van der Waals surface area contributed by atoms with Crippen LogP contribution in [0.3, 0.4) is 0 Å². The van der Waals surface area contributed by atoms with Crippen molar-refractivity contribution in [2.45, 2.75) is 25.8 Å². The summed E-state index contributed by atoms with van der Waals surface area (Å²) in [5.41, 5.74) is 9.60. The average molecular weight is 511 g/mol. The molecule has 1 saturated heterocycles. The van der Waals surface area contributed by atoms with Crippen molar-refractivity contribution in [1.82, 2.24) is 19.4 Å². The molecule has 1 aliphatic heterocycles. The average Bonchev–Trinajstić information content (AvgIpc) is 3.43. The molecular formula is C26H28Cl2N6O. The molecule has 9 heteroatoms. The van der Waals surface area contributed by atoms with Crippen LogP contribution >= 0.6 is 23.2 Å². The van der Waals surface area contributed by atoms with Crippen molar-refractivity contribution in [3.63, 3.8) is 0 Å². The van der Waals surface area contributed by atoms with Gasteiger partial charge in [-0.2, -0.15) is 0 Å². The SMILES string of the molecule is Cc1c(/C=C/CN2CCC[C@H]2CN)[nH]c(=O)c2c1ccc1nc(Nc3c(Cl)cccc3Cl)n(C)c12. The van der Waals surface area contributed by atoms with Crippen LogP contribution < -0.4 is 16.6 Å². The molecule has 0 aliphatic carbocycles. The number of imidazole rings is 1. The molecule has 1 fully saturated rings. The number of halogens is 2. The number of anilines is 2. The Hall–Kier alpha value is -2.84. The molecule has 1 atom stereocenters. The first-order chi connectivity index (χ1) is 16.9. The minimum atomic E-state index is -0.151. The van der Waals surface area contributed by atoms with E-state index in [1.165, 1.54) is 6.42 Å². The molecule has 0 amide bonds. The molecule has 1 aliphatic rings. The number of aromatic amines is 1. The number of nitrogens with two attached hydrogens (primary N) is 1. The molecule has 0 bridgehead atoms. The summed E-state index contributed by atoms with van der Waals surface area (Å²) >= 11 is 12.7. The fourth-order valence-corrected chi connectivity index (χ4v) is 5.48. The zero-order valence-electron chi connectivity index (χ0n) is 19.7. The Kier molecular flexibility index (Phi) is 6.59. The summed E-state index contributed by atoms with van der Waals surface area (Å²) in [5, 5.41) is 5.71. The number of rotatable bonds is 6. The zero-order chi connectivity index (χ0) is 24.7. The molecule has 4 aromatic rings. The van der Waals surface area contributed by atoms with E-state index in [4.69, 9.17) is 33.9 Å². The highest BCUT2D eigenvalue weighted by Crippen LogP contribution is 2.34. The van der Waals surface area contributed by atoms with Crippen LogP contribution in [-0.2, 0) is 7.05 Å². The number of fused-ring (bicyclic) bond motifs is 3. The second kappa shape index (κ2) is 9.66. The van der Waals surface area contributed by atoms with Gasteiger partial charge in [0.2, 0.25) is 5.95 Å². The van der Waals surface area contributed by atoms with Crippen LogP contribution in [0.5, 0.6) is 0 Å². The molecule has 0 radical (unpaired) electrons. The van der Waals surface area contributed by atoms with Crippen LogP contribution in [0, 0.1) is 6.92 Å². The minimum absolute atomic E-state index is 0.151. The number of nitrogens with zero attached hydrogens (tertiary/aromatic N) is 3. The van der Waals surface area contributed by atoms with Gasteiger partial charge >= 0.3 is 0 Å². The lowest BCUT2D eigenvalue weighted by atomic mass is 10.0. The van der Waals surface area contributed by atoms with Gasteiger partial charge in [-0.3, -0.25) is 9.69 Å². The Morgan fingerprint density at radius 3 is 2.77 bits per heavy atom. The van der Waals surface area contributed by atoms with Gasteiger partial charge in [0, 0.05) is 31.9 Å². The molecule has 2 aromatic carbocycles. The lowest BCUT2D eigenvalue weighted by Gasteiger charge is -2.21. The number of para-hydroxylation sites is 1. The van der Waals surface area contributed by atoms with Crippen molar-refractivity contribution in [3.8, 4) is 0 Å². The maximum absolute atomic E-state index is 13.3. The van der Waals surface area contributed by atoms with Gasteiger partial charge in [0.05, 0.1) is 32.2 Å². The van der Waals surface area contributed by atoms with Crippen molar-refractivity contribution in [2.24, 2.45) is 12.8 Å². The summed E-state index contributed by atoms with van der Waals surface area (Å²) in [6.45, 7) is 4.59. The molecule has 3 heterocycles. The lowest BCUT2D eigenvalue weighted by molar-refractivity contribution is 0.286. The van der Waals surface area contributed by atoms with Crippen molar-refractivity contribution in [2.75, 3.05) is 25.0 Å². The van der Waals surface area contributed by atoms with Gasteiger partial charge in [0.25, 0.3) is 5.56 Å². The Bertz CT molecular complexity index is 1490. The Morgan fingerprint density at radius 2 is 2.03 bits per heavy atom. The number of H-pyrrole nitrogens is 1. The number of hydrogen-bond acceptors (Lipinski definition) is 5. The summed E-state index contributed by atoms with van der Waals surface area (Å²) < 4.78 is 1.86. The predicted octanol–water partition coefficient (Wildman–Crippen LogP) is 5.21. The quantitative estimate of drug-likeness (QED) is 0.331. The van der Waals surface area contributed by atoms with E-state index < -0.39 is 0 Å². The smallest absolute Gasteiger partial charge is 0.258 e. The first kappa shape index (κ1) is 23.9. The standard InChI is InChI=1S/C26H28Cl2N6O/c1-15-17-10-11-21-24(33(2)26(31-21)32-23-18(27)7-3-8-19(23)28)22(17)25(35)30-20(15)9-5-13-34-12-4-6-16(34)14-29/h3,5,7-11,16H,4,6,12-14,29H2,1-2H3,(H,30,35)(H,31,32)/b9-5+/t16-/m0/s1. The van der Waals surface area contributed by atoms with Crippen molar-refractivity contribution >= 4 is 62.7 Å². The molecule has 4 N–H and O–H groups in total. The van der Waals surface area contributed by atoms with Gasteiger partial charge in [-0.15, -0.1) is 0 Å². The van der Waals surface area contributed by atoms with Crippen LogP contribution in [0.4, 0.5) is 11.6 Å². The molecule has 0 spiro atoms. The van der Waals surface area contributed by atoms with E-state index in [2.05, 4.69) is 21.3 Å². The summed E-state index contributed by atoms with van der Waals surface area (Å²) in [5.74, 6) is 0.545. The number of nitrogens with one attached hydrogen (secondary N) is 2. The molecule has 2 aromatic heterocycles. The zero-order valence-corrected chi connectivity index (χ0v) is 21.2. The first-order valence-corrected chi connectivity index (χ1v) is 12.5. The van der Waals surface area contributed by atoms with Gasteiger partial charge in [0.1, 0.15) is 0 Å². The molecule has 7 nitrogen and oxygen atoms in total. The normalized spacial score (nSPS) is 16.8. The van der Waals surface area contributed by atoms with Crippen LogP contribution in [0.1, 0.15) is 24.1 Å². The molecular weight excluding hydrogens is 483 g/mol. The van der Waals surface area contributed by atoms with E-state index in [1.807, 2.05) is 36.7 Å². The number of aryl methyl sites for hydroxylation is 2. The summed E-state index contributed by atoms with van der Waals surface area (Å²) in [6.07, 6.45) is 6.44. The first-order valence-electron chi connectivity index (χ1n) is 11.7. The second-order valence-corrected chi connectivity index (χ2v) is 9.81. The lowest BCUT2D eigenvalue weighted by Crippen LogP contribution is -2.35. The van der Waals surface area contributed by atoms with Crippen molar-refractivity contribution < 1.29 is 0 Å². The summed E-state index contributed by atoms with van der Waals surface area (Å²) in [4.78, 5) is 23.5. The third kappa shape index (κ3) is 4.34. The molecule has 0 unspecified atom stereocenters. The van der Waals surface area contributed by atoms with E-state index in [1.54, 1.807) is 18.2 Å². The number of benzene rings is 2. The van der Waals surface area contributed by atoms with Gasteiger partial charge in [-0.1, -0.05) is 41.4 Å². The van der Waals surface area contributed by atoms with Crippen LogP contribution in [0.15, 0.2) is 41.2 Å². The highest BCUT2D eigenvalue weighted by atomic mass is 35.5. The van der Waals surface area contributed by atoms with Gasteiger partial charge < -0.3 is 20.6 Å². The monoisotopic (exact) mass is 510 g/mol. The van der Waals surface area contributed by atoms with Gasteiger partial charge in [-0.25, -0.2) is 4.98 Å². The van der Waals surface area contributed by atoms with E-state index in [9.17, 15) is 4.79 Å². The van der Waals surface area contributed by atoms with E-state index in [0.717, 1.165) is 41.7 Å². The maximum Gasteiger partial charge on any atom is 0.258 e. The van der Waals surface area contributed by atoms with Crippen LogP contribution in [0.2, 0.25) is 10.0 Å². The number of hydrogen-bond donors (Lipinski definition) is 3. The van der Waals surface area contributed by atoms with E-state index in [0.29, 0.717) is 45.2 Å². The summed E-state index contributed by atoms with van der Waals surface area (Å²) in [6, 6.07) is 9.65. The Labute approximate surface area is 213 Å². The van der Waals surface area contributed by atoms with Crippen LogP contribution in [0.25, 0.3) is 27.9 Å². The molecule has 5 rings (SSSR count). The summed E-state index contributed by atoms with van der Waals surface area (Å²) in [7, 11) is 1.87. The van der Waals surface area contributed by atoms with Gasteiger partial charge in [-0.05, 0) is 61.5 Å². The number of pyridine rings is 1. The highest BCUT2D eigenvalue weighted by Gasteiger charge is 2.22. The fourth-order valence-electron chi connectivity index (χ4n) is 4.99. The predicted molar refractivity (Wildman–Crippen MR) is 146 cm³/mol. The molecule has 35 heavy (non-hydrogen) atoms. The van der Waals surface area contributed by atoms with Gasteiger partial charge in [0.15, 0.2) is 0 Å². The third-order valence-electron chi connectivity index (χ3n) is 6.91. The third-order valence-corrected chi connectivity index (χ3v) is 7.54. The number of aromatic nitrogens is 3. The minimum Gasteiger partial charge on any atom is -0.329 e. The Balaban J connectivity index is 1.53. The topological polar surface area (TPSA) is 92.0 Å². The van der Waals surface area contributed by atoms with E-state index >= 15 is 0 Å². The van der Waals surface area contributed by atoms with Crippen molar-refractivity contribution in [1.29, 1.82) is 0 Å². The maximum atomic E-state index is 13.3. The highest BCUT2D eigenvalue weighted by molar-refractivity contribution is 6.39. The fraction of sp³-hybridized carbons (Fsp3) is 0.308. The Morgan fingerprint density at radius 1 is 1.26 bits per heavy atom. The van der Waals surface area contributed by atoms with E-state index in [-0.39, 0.29) is 5.56 Å². The number of likely N-dealkylation sites (tertiary alicyclic amines) is 1. The molecule has 0 saturated carbocycles. The largest absolute Gasteiger partial charge is 0.329 e. The van der Waals surface area contributed by atoms with Crippen molar-refractivity contribution in [3.05, 3.63) is 68.1 Å². The molecule has 182 valence electrons. The van der Waals surface area contributed by atoms with Crippen LogP contribution in [-0.4, -0.2) is 45.1 Å². The second-order valence-electron chi connectivity index (χ2n) is 8.99.